The van der Waals surface area contributed by atoms with Gasteiger partial charge in [-0.15, -0.1) is 0 Å². The molecule has 1 saturated carbocycles. The summed E-state index contributed by atoms with van der Waals surface area (Å²) >= 11 is 6.14. The number of anilines is 1. The molecule has 0 spiro atoms. The number of fused-ring (bicyclic) bond motifs is 1. The van der Waals surface area contributed by atoms with Gasteiger partial charge in [0.15, 0.2) is 0 Å². The van der Waals surface area contributed by atoms with Crippen LogP contribution in [0, 0.1) is 0 Å². The molecule has 0 radical (unpaired) electrons. The third kappa shape index (κ3) is 1.22. The number of hydrogen-bond donors (Lipinski definition) is 1. The number of carbonyl (C=O) groups is 1. The molecule has 1 aromatic carbocycles. The van der Waals surface area contributed by atoms with Gasteiger partial charge in [0.2, 0.25) is 5.91 Å². The van der Waals surface area contributed by atoms with Crippen molar-refractivity contribution < 1.29 is 4.79 Å². The third-order valence-electron chi connectivity index (χ3n) is 2.86. The van der Waals surface area contributed by atoms with Crippen molar-refractivity contribution in [2.45, 2.75) is 25.2 Å². The van der Waals surface area contributed by atoms with Crippen molar-refractivity contribution in [2.75, 3.05) is 5.32 Å². The van der Waals surface area contributed by atoms with E-state index in [9.17, 15) is 4.79 Å². The molecule has 72 valence electrons. The quantitative estimate of drug-likeness (QED) is 0.754. The molecule has 3 heteroatoms. The molecule has 1 heterocycles. The zero-order valence-corrected chi connectivity index (χ0v) is 8.40. The van der Waals surface area contributed by atoms with Crippen LogP contribution in [0.25, 0.3) is 0 Å². The molecule has 2 aliphatic rings. The highest BCUT2D eigenvalue weighted by Crippen LogP contribution is 2.45. The molecule has 3 rings (SSSR count). The topological polar surface area (TPSA) is 29.1 Å². The number of hydrogen-bond acceptors (Lipinski definition) is 1. The van der Waals surface area contributed by atoms with E-state index in [-0.39, 0.29) is 5.91 Å². The standard InChI is InChI=1S/C11H10ClNO/c12-9-5-10-7(4-11(14)13-10)3-8(9)6-1-2-6/h3,5-6H,1-2,4H2,(H,13,14). The molecule has 1 N–H and O–H groups in total. The summed E-state index contributed by atoms with van der Waals surface area (Å²) in [5.41, 5.74) is 3.22. The first kappa shape index (κ1) is 8.30. The van der Waals surface area contributed by atoms with E-state index in [1.165, 1.54) is 18.4 Å². The van der Waals surface area contributed by atoms with Gasteiger partial charge in [0.05, 0.1) is 6.42 Å². The summed E-state index contributed by atoms with van der Waals surface area (Å²) in [6, 6.07) is 3.97. The van der Waals surface area contributed by atoms with E-state index in [1.54, 1.807) is 0 Å². The molecule has 0 bridgehead atoms. The van der Waals surface area contributed by atoms with E-state index in [0.717, 1.165) is 16.3 Å². The van der Waals surface area contributed by atoms with Crippen LogP contribution in [-0.2, 0) is 11.2 Å². The van der Waals surface area contributed by atoms with Gasteiger partial charge >= 0.3 is 0 Å². The minimum Gasteiger partial charge on any atom is -0.325 e. The first-order chi connectivity index (χ1) is 6.74. The van der Waals surface area contributed by atoms with Crippen molar-refractivity contribution in [2.24, 2.45) is 0 Å². The number of benzene rings is 1. The second-order valence-corrected chi connectivity index (χ2v) is 4.44. The lowest BCUT2D eigenvalue weighted by atomic mass is 10.1. The van der Waals surface area contributed by atoms with Crippen LogP contribution in [-0.4, -0.2) is 5.91 Å². The van der Waals surface area contributed by atoms with Crippen LogP contribution in [0.2, 0.25) is 5.02 Å². The van der Waals surface area contributed by atoms with Gasteiger partial charge in [0, 0.05) is 10.7 Å². The highest BCUT2D eigenvalue weighted by atomic mass is 35.5. The summed E-state index contributed by atoms with van der Waals surface area (Å²) < 4.78 is 0. The maximum absolute atomic E-state index is 11.2. The van der Waals surface area contributed by atoms with Crippen molar-refractivity contribution in [1.29, 1.82) is 0 Å². The highest BCUT2D eigenvalue weighted by molar-refractivity contribution is 6.32. The Morgan fingerprint density at radius 3 is 2.86 bits per heavy atom. The minimum absolute atomic E-state index is 0.0732. The lowest BCUT2D eigenvalue weighted by Crippen LogP contribution is -2.03. The molecule has 0 aromatic heterocycles. The molecule has 14 heavy (non-hydrogen) atoms. The van der Waals surface area contributed by atoms with Gasteiger partial charge in [-0.2, -0.15) is 0 Å². The van der Waals surface area contributed by atoms with Crippen LogP contribution in [0.1, 0.15) is 29.9 Å². The van der Waals surface area contributed by atoms with Crippen molar-refractivity contribution >= 4 is 23.2 Å². The zero-order valence-electron chi connectivity index (χ0n) is 7.64. The van der Waals surface area contributed by atoms with Gasteiger partial charge in [-0.05, 0) is 36.0 Å². The lowest BCUT2D eigenvalue weighted by Gasteiger charge is -2.05. The number of carbonyl (C=O) groups excluding carboxylic acids is 1. The van der Waals surface area contributed by atoms with E-state index >= 15 is 0 Å². The van der Waals surface area contributed by atoms with Crippen molar-refractivity contribution in [3.63, 3.8) is 0 Å². The average Bonchev–Trinajstić information content (AvgIpc) is 2.88. The molecular formula is C11H10ClNO. The Balaban J connectivity index is 2.09. The Morgan fingerprint density at radius 2 is 2.14 bits per heavy atom. The first-order valence-corrected chi connectivity index (χ1v) is 5.24. The molecule has 1 aliphatic heterocycles. The SMILES string of the molecule is O=C1Cc2cc(C3CC3)c(Cl)cc2N1. The second-order valence-electron chi connectivity index (χ2n) is 4.03. The number of halogens is 1. The van der Waals surface area contributed by atoms with E-state index in [2.05, 4.69) is 11.4 Å². The predicted octanol–water partition coefficient (Wildman–Crippen LogP) is 2.71. The van der Waals surface area contributed by atoms with E-state index in [0.29, 0.717) is 12.3 Å². The summed E-state index contributed by atoms with van der Waals surface area (Å²) in [4.78, 5) is 11.2. The molecule has 0 saturated heterocycles. The number of nitrogens with one attached hydrogen (secondary N) is 1. The lowest BCUT2D eigenvalue weighted by molar-refractivity contribution is -0.115. The van der Waals surface area contributed by atoms with Gasteiger partial charge in [-0.25, -0.2) is 0 Å². The summed E-state index contributed by atoms with van der Waals surface area (Å²) in [5.74, 6) is 0.715. The van der Waals surface area contributed by atoms with Crippen LogP contribution in [0.3, 0.4) is 0 Å². The maximum atomic E-state index is 11.2. The van der Waals surface area contributed by atoms with E-state index in [1.807, 2.05) is 6.07 Å². The van der Waals surface area contributed by atoms with Gasteiger partial charge in [-0.1, -0.05) is 17.7 Å². The largest absolute Gasteiger partial charge is 0.325 e. The van der Waals surface area contributed by atoms with Crippen molar-refractivity contribution in [3.8, 4) is 0 Å². The molecule has 2 nitrogen and oxygen atoms in total. The molecule has 1 aromatic rings. The van der Waals surface area contributed by atoms with Crippen LogP contribution in [0.4, 0.5) is 5.69 Å². The Labute approximate surface area is 87.3 Å². The first-order valence-electron chi connectivity index (χ1n) is 4.86. The van der Waals surface area contributed by atoms with Crippen LogP contribution in [0.5, 0.6) is 0 Å². The molecule has 1 aliphatic carbocycles. The van der Waals surface area contributed by atoms with Gasteiger partial charge in [0.25, 0.3) is 0 Å². The number of rotatable bonds is 1. The highest BCUT2D eigenvalue weighted by Gasteiger charge is 2.28. The molecule has 1 fully saturated rings. The van der Waals surface area contributed by atoms with Crippen LogP contribution in [0.15, 0.2) is 12.1 Å². The number of amides is 1. The molecule has 0 atom stereocenters. The Bertz CT molecular complexity index is 424. The Hall–Kier alpha value is -1.02. The minimum atomic E-state index is 0.0732. The van der Waals surface area contributed by atoms with Crippen LogP contribution < -0.4 is 5.32 Å². The Kier molecular flexibility index (Phi) is 1.62. The predicted molar refractivity (Wildman–Crippen MR) is 55.8 cm³/mol. The van der Waals surface area contributed by atoms with Gasteiger partial charge in [-0.3, -0.25) is 4.79 Å². The molecular weight excluding hydrogens is 198 g/mol. The van der Waals surface area contributed by atoms with E-state index in [4.69, 9.17) is 11.6 Å². The zero-order chi connectivity index (χ0) is 9.71. The maximum Gasteiger partial charge on any atom is 0.228 e. The van der Waals surface area contributed by atoms with Crippen molar-refractivity contribution in [1.82, 2.24) is 0 Å². The van der Waals surface area contributed by atoms with Gasteiger partial charge in [0.1, 0.15) is 0 Å². The summed E-state index contributed by atoms with van der Waals surface area (Å²) in [6.07, 6.45) is 2.98. The fourth-order valence-corrected chi connectivity index (χ4v) is 2.29. The normalized spacial score (nSPS) is 19.4. The molecule has 0 unspecified atom stereocenters. The molecule has 1 amide bonds. The van der Waals surface area contributed by atoms with Gasteiger partial charge < -0.3 is 5.32 Å². The van der Waals surface area contributed by atoms with Crippen LogP contribution >= 0.6 is 11.6 Å². The van der Waals surface area contributed by atoms with Crippen molar-refractivity contribution in [3.05, 3.63) is 28.3 Å². The summed E-state index contributed by atoms with van der Waals surface area (Å²) in [7, 11) is 0. The Morgan fingerprint density at radius 1 is 1.36 bits per heavy atom. The second kappa shape index (κ2) is 2.74. The monoisotopic (exact) mass is 207 g/mol. The third-order valence-corrected chi connectivity index (χ3v) is 3.19. The average molecular weight is 208 g/mol. The summed E-state index contributed by atoms with van der Waals surface area (Å²) in [5, 5.41) is 3.60. The smallest absolute Gasteiger partial charge is 0.228 e. The fraction of sp³-hybridized carbons (Fsp3) is 0.364. The summed E-state index contributed by atoms with van der Waals surface area (Å²) in [6.45, 7) is 0. The van der Waals surface area contributed by atoms with E-state index < -0.39 is 0 Å². The fourth-order valence-electron chi connectivity index (χ4n) is 1.97.